The Kier molecular flexibility index (Phi) is 5.46. The van der Waals surface area contributed by atoms with Gasteiger partial charge in [0.1, 0.15) is 14.9 Å². The van der Waals surface area contributed by atoms with Gasteiger partial charge in [-0.25, -0.2) is 4.98 Å². The molecule has 0 radical (unpaired) electrons. The van der Waals surface area contributed by atoms with Crippen LogP contribution < -0.4 is 5.32 Å². The van der Waals surface area contributed by atoms with Crippen LogP contribution in [0.15, 0.2) is 24.3 Å². The Morgan fingerprint density at radius 3 is 2.60 bits per heavy atom. The largest absolute Gasteiger partial charge is 0.296 e. The Bertz CT molecular complexity index is 886. The summed E-state index contributed by atoms with van der Waals surface area (Å²) in [5, 5.41) is 13.9. The molecule has 3 rings (SSSR count). The van der Waals surface area contributed by atoms with Gasteiger partial charge in [-0.15, -0.1) is 21.5 Å². The molecule has 0 aliphatic carbocycles. The highest BCUT2D eigenvalue weighted by atomic mass is 35.5. The zero-order chi connectivity index (χ0) is 18.0. The standard InChI is InChI=1S/C17H17ClN4OS2/c1-9(2)8-13-21-22-17(24-13)20-15(23)14-10(3)19-16(25-14)11-4-6-12(18)7-5-11/h4-7,9H,8H2,1-3H3,(H,20,22,23). The van der Waals surface area contributed by atoms with Gasteiger partial charge < -0.3 is 0 Å². The van der Waals surface area contributed by atoms with E-state index in [4.69, 9.17) is 11.6 Å². The fourth-order valence-corrected chi connectivity index (χ4v) is 4.25. The van der Waals surface area contributed by atoms with Crippen molar-refractivity contribution < 1.29 is 4.79 Å². The molecule has 25 heavy (non-hydrogen) atoms. The smallest absolute Gasteiger partial charge is 0.269 e. The van der Waals surface area contributed by atoms with Crippen LogP contribution in [0.1, 0.15) is 34.2 Å². The minimum atomic E-state index is -0.206. The molecule has 1 amide bonds. The molecule has 0 unspecified atom stereocenters. The average Bonchev–Trinajstić information content (AvgIpc) is 3.14. The van der Waals surface area contributed by atoms with Gasteiger partial charge in [0.15, 0.2) is 0 Å². The second kappa shape index (κ2) is 7.59. The summed E-state index contributed by atoms with van der Waals surface area (Å²) in [4.78, 5) is 17.6. The second-order valence-electron chi connectivity index (χ2n) is 5.99. The highest BCUT2D eigenvalue weighted by molar-refractivity contribution is 7.17. The first-order valence-electron chi connectivity index (χ1n) is 7.79. The van der Waals surface area contributed by atoms with E-state index in [2.05, 4.69) is 34.3 Å². The second-order valence-corrected chi connectivity index (χ2v) is 8.49. The lowest BCUT2D eigenvalue weighted by molar-refractivity contribution is 0.102. The van der Waals surface area contributed by atoms with E-state index in [9.17, 15) is 4.79 Å². The van der Waals surface area contributed by atoms with Crippen molar-refractivity contribution in [2.45, 2.75) is 27.2 Å². The minimum Gasteiger partial charge on any atom is -0.296 e. The van der Waals surface area contributed by atoms with E-state index in [1.165, 1.54) is 22.7 Å². The molecule has 0 saturated heterocycles. The van der Waals surface area contributed by atoms with Crippen LogP contribution in [-0.2, 0) is 6.42 Å². The molecule has 2 heterocycles. The zero-order valence-electron chi connectivity index (χ0n) is 14.0. The van der Waals surface area contributed by atoms with Gasteiger partial charge in [-0.2, -0.15) is 0 Å². The Labute approximate surface area is 159 Å². The number of hydrogen-bond donors (Lipinski definition) is 1. The van der Waals surface area contributed by atoms with Crippen molar-refractivity contribution in [2.75, 3.05) is 5.32 Å². The number of halogens is 1. The molecule has 1 N–H and O–H groups in total. The number of aryl methyl sites for hydroxylation is 1. The van der Waals surface area contributed by atoms with Gasteiger partial charge in [-0.3, -0.25) is 10.1 Å². The van der Waals surface area contributed by atoms with Crippen molar-refractivity contribution in [1.82, 2.24) is 15.2 Å². The number of carbonyl (C=O) groups excluding carboxylic acids is 1. The molecule has 0 aliphatic heterocycles. The summed E-state index contributed by atoms with van der Waals surface area (Å²) in [6, 6.07) is 7.41. The summed E-state index contributed by atoms with van der Waals surface area (Å²) in [5.74, 6) is 0.296. The maximum atomic E-state index is 12.5. The Morgan fingerprint density at radius 2 is 1.92 bits per heavy atom. The normalized spacial score (nSPS) is 11.1. The number of amides is 1. The van der Waals surface area contributed by atoms with Crippen LogP contribution in [0, 0.1) is 12.8 Å². The van der Waals surface area contributed by atoms with E-state index in [1.807, 2.05) is 31.2 Å². The van der Waals surface area contributed by atoms with Gasteiger partial charge >= 0.3 is 0 Å². The number of nitrogens with one attached hydrogen (secondary N) is 1. The SMILES string of the molecule is Cc1nc(-c2ccc(Cl)cc2)sc1C(=O)Nc1nnc(CC(C)C)s1. The van der Waals surface area contributed by atoms with Gasteiger partial charge in [0.05, 0.1) is 5.69 Å². The molecule has 0 atom stereocenters. The van der Waals surface area contributed by atoms with Gasteiger partial charge in [0, 0.05) is 17.0 Å². The lowest BCUT2D eigenvalue weighted by Crippen LogP contribution is -2.11. The van der Waals surface area contributed by atoms with Gasteiger partial charge in [0.2, 0.25) is 5.13 Å². The summed E-state index contributed by atoms with van der Waals surface area (Å²) in [6.07, 6.45) is 0.855. The highest BCUT2D eigenvalue weighted by Gasteiger charge is 2.18. The highest BCUT2D eigenvalue weighted by Crippen LogP contribution is 2.29. The average molecular weight is 393 g/mol. The molecule has 3 aromatic rings. The lowest BCUT2D eigenvalue weighted by Gasteiger charge is -1.99. The van der Waals surface area contributed by atoms with Crippen molar-refractivity contribution in [1.29, 1.82) is 0 Å². The van der Waals surface area contributed by atoms with E-state index in [0.29, 0.717) is 26.6 Å². The molecule has 5 nitrogen and oxygen atoms in total. The number of aromatic nitrogens is 3. The maximum Gasteiger partial charge on any atom is 0.269 e. The van der Waals surface area contributed by atoms with Crippen LogP contribution in [0.5, 0.6) is 0 Å². The maximum absolute atomic E-state index is 12.5. The summed E-state index contributed by atoms with van der Waals surface area (Å²) in [6.45, 7) is 6.08. The van der Waals surface area contributed by atoms with Crippen LogP contribution in [-0.4, -0.2) is 21.1 Å². The zero-order valence-corrected chi connectivity index (χ0v) is 16.4. The van der Waals surface area contributed by atoms with Crippen LogP contribution in [0.2, 0.25) is 5.02 Å². The Balaban J connectivity index is 1.76. The quantitative estimate of drug-likeness (QED) is 0.657. The van der Waals surface area contributed by atoms with Crippen LogP contribution in [0.3, 0.4) is 0 Å². The molecule has 1 aromatic carbocycles. The molecular formula is C17H17ClN4OS2. The first kappa shape index (κ1) is 18.0. The fourth-order valence-electron chi connectivity index (χ4n) is 2.21. The Hall–Kier alpha value is -1.83. The van der Waals surface area contributed by atoms with Crippen molar-refractivity contribution in [3.63, 3.8) is 0 Å². The number of nitrogens with zero attached hydrogens (tertiary/aromatic N) is 3. The molecule has 130 valence electrons. The molecule has 0 fully saturated rings. The number of carbonyl (C=O) groups is 1. The first-order valence-corrected chi connectivity index (χ1v) is 9.80. The predicted octanol–water partition coefficient (Wildman–Crippen LogP) is 5.07. The van der Waals surface area contributed by atoms with Crippen molar-refractivity contribution in [3.05, 3.63) is 44.9 Å². The third kappa shape index (κ3) is 4.42. The molecule has 0 bridgehead atoms. The minimum absolute atomic E-state index is 0.206. The summed E-state index contributed by atoms with van der Waals surface area (Å²) in [7, 11) is 0. The number of benzene rings is 1. The van der Waals surface area contributed by atoms with Gasteiger partial charge in [-0.05, 0) is 25.0 Å². The molecular weight excluding hydrogens is 376 g/mol. The number of hydrogen-bond acceptors (Lipinski definition) is 6. The van der Waals surface area contributed by atoms with Crippen LogP contribution in [0.25, 0.3) is 10.6 Å². The predicted molar refractivity (Wildman–Crippen MR) is 104 cm³/mol. The molecule has 0 spiro atoms. The lowest BCUT2D eigenvalue weighted by atomic mass is 10.1. The molecule has 0 saturated carbocycles. The Morgan fingerprint density at radius 1 is 1.20 bits per heavy atom. The third-order valence-electron chi connectivity index (χ3n) is 3.36. The fraction of sp³-hybridized carbons (Fsp3) is 0.294. The summed E-state index contributed by atoms with van der Waals surface area (Å²) in [5.41, 5.74) is 1.63. The number of rotatable bonds is 5. The van der Waals surface area contributed by atoms with Gasteiger partial charge in [-0.1, -0.05) is 48.9 Å². The van der Waals surface area contributed by atoms with Crippen LogP contribution >= 0.6 is 34.3 Å². The van der Waals surface area contributed by atoms with Crippen molar-refractivity contribution >= 4 is 45.3 Å². The van der Waals surface area contributed by atoms with Crippen LogP contribution in [0.4, 0.5) is 5.13 Å². The third-order valence-corrected chi connectivity index (χ3v) is 5.68. The first-order chi connectivity index (χ1) is 11.9. The van der Waals surface area contributed by atoms with E-state index >= 15 is 0 Å². The molecule has 0 aliphatic rings. The summed E-state index contributed by atoms with van der Waals surface area (Å²) < 4.78 is 0. The van der Waals surface area contributed by atoms with E-state index in [-0.39, 0.29) is 5.91 Å². The number of anilines is 1. The van der Waals surface area contributed by atoms with Crippen molar-refractivity contribution in [2.24, 2.45) is 5.92 Å². The molecule has 2 aromatic heterocycles. The monoisotopic (exact) mass is 392 g/mol. The van der Waals surface area contributed by atoms with Gasteiger partial charge in [0.25, 0.3) is 5.91 Å². The summed E-state index contributed by atoms with van der Waals surface area (Å²) >= 11 is 8.68. The van der Waals surface area contributed by atoms with E-state index in [1.54, 1.807) is 0 Å². The topological polar surface area (TPSA) is 67.8 Å². The van der Waals surface area contributed by atoms with E-state index in [0.717, 1.165) is 22.0 Å². The number of thiazole rings is 1. The van der Waals surface area contributed by atoms with Crippen molar-refractivity contribution in [3.8, 4) is 10.6 Å². The molecule has 8 heteroatoms. The van der Waals surface area contributed by atoms with E-state index < -0.39 is 0 Å².